The summed E-state index contributed by atoms with van der Waals surface area (Å²) in [6, 6.07) is 7.26. The summed E-state index contributed by atoms with van der Waals surface area (Å²) in [5.41, 5.74) is 7.32. The van der Waals surface area contributed by atoms with Gasteiger partial charge in [-0.25, -0.2) is 8.78 Å². The predicted octanol–water partition coefficient (Wildman–Crippen LogP) is 3.61. The second kappa shape index (κ2) is 5.14. The highest BCUT2D eigenvalue weighted by molar-refractivity contribution is 5.75. The molecule has 0 unspecified atom stereocenters. The molecule has 0 aliphatic rings. The third kappa shape index (κ3) is 2.59. The summed E-state index contributed by atoms with van der Waals surface area (Å²) in [7, 11) is 1.35. The molecule has 0 radical (unpaired) electrons. The van der Waals surface area contributed by atoms with Gasteiger partial charge in [0.25, 0.3) is 0 Å². The van der Waals surface area contributed by atoms with Crippen molar-refractivity contribution in [2.24, 2.45) is 0 Å². The van der Waals surface area contributed by atoms with Crippen LogP contribution in [0.2, 0.25) is 0 Å². The fraction of sp³-hybridized carbons (Fsp3) is 0.143. The van der Waals surface area contributed by atoms with E-state index in [0.717, 1.165) is 11.6 Å². The van der Waals surface area contributed by atoms with Crippen molar-refractivity contribution in [1.29, 1.82) is 0 Å². The molecule has 0 aliphatic carbocycles. The molecule has 0 atom stereocenters. The summed E-state index contributed by atoms with van der Waals surface area (Å²) in [6.07, 6.45) is 0. The Hall–Kier alpha value is -2.30. The van der Waals surface area contributed by atoms with Crippen molar-refractivity contribution in [3.05, 3.63) is 47.5 Å². The van der Waals surface area contributed by atoms with E-state index < -0.39 is 11.6 Å². The topological polar surface area (TPSA) is 47.3 Å². The van der Waals surface area contributed by atoms with E-state index in [4.69, 9.17) is 10.5 Å². The monoisotopic (exact) mass is 264 g/mol. The van der Waals surface area contributed by atoms with Crippen LogP contribution in [0.3, 0.4) is 0 Å². The molecule has 0 amide bonds. The number of hydrogen-bond acceptors (Lipinski definition) is 3. The Morgan fingerprint density at radius 2 is 1.89 bits per heavy atom. The van der Waals surface area contributed by atoms with Gasteiger partial charge in [0, 0.05) is 12.1 Å². The molecule has 2 aromatic carbocycles. The number of anilines is 3. The lowest BCUT2D eigenvalue weighted by Crippen LogP contribution is -2.02. The van der Waals surface area contributed by atoms with Gasteiger partial charge in [-0.2, -0.15) is 0 Å². The maximum absolute atomic E-state index is 13.7. The van der Waals surface area contributed by atoms with Crippen LogP contribution >= 0.6 is 0 Å². The summed E-state index contributed by atoms with van der Waals surface area (Å²) in [5, 5.41) is 2.86. The van der Waals surface area contributed by atoms with Gasteiger partial charge in [0.05, 0.1) is 24.2 Å². The maximum atomic E-state index is 13.7. The van der Waals surface area contributed by atoms with Gasteiger partial charge >= 0.3 is 0 Å². The lowest BCUT2D eigenvalue weighted by Gasteiger charge is -2.14. The summed E-state index contributed by atoms with van der Waals surface area (Å²) in [4.78, 5) is 0. The fourth-order valence-corrected chi connectivity index (χ4v) is 1.76. The van der Waals surface area contributed by atoms with Gasteiger partial charge < -0.3 is 15.8 Å². The Kier molecular flexibility index (Phi) is 3.55. The molecule has 3 nitrogen and oxygen atoms in total. The van der Waals surface area contributed by atoms with E-state index >= 15 is 0 Å². The molecular weight excluding hydrogens is 250 g/mol. The first-order chi connectivity index (χ1) is 9.02. The number of halogens is 2. The van der Waals surface area contributed by atoms with Crippen LogP contribution in [-0.2, 0) is 0 Å². The van der Waals surface area contributed by atoms with E-state index in [1.807, 2.05) is 0 Å². The Balaban J connectivity index is 2.44. The van der Waals surface area contributed by atoms with Crippen molar-refractivity contribution in [3.63, 3.8) is 0 Å². The van der Waals surface area contributed by atoms with Crippen LogP contribution in [0.1, 0.15) is 5.56 Å². The van der Waals surface area contributed by atoms with Crippen LogP contribution in [0.4, 0.5) is 25.8 Å². The number of ether oxygens (including phenoxy) is 1. The zero-order chi connectivity index (χ0) is 14.0. The van der Waals surface area contributed by atoms with Crippen molar-refractivity contribution in [2.75, 3.05) is 18.2 Å². The van der Waals surface area contributed by atoms with Crippen LogP contribution < -0.4 is 15.8 Å². The number of nitrogen functional groups attached to an aromatic ring is 1. The molecular formula is C14H14F2N2O. The molecule has 0 saturated heterocycles. The van der Waals surface area contributed by atoms with E-state index in [1.54, 1.807) is 19.1 Å². The number of aryl methyl sites for hydroxylation is 1. The molecule has 2 rings (SSSR count). The lowest BCUT2D eigenvalue weighted by molar-refractivity contribution is 0.387. The van der Waals surface area contributed by atoms with Crippen molar-refractivity contribution in [3.8, 4) is 5.75 Å². The molecule has 2 aromatic rings. The normalized spacial score (nSPS) is 10.3. The van der Waals surface area contributed by atoms with Crippen molar-refractivity contribution >= 4 is 17.1 Å². The first-order valence-electron chi connectivity index (χ1n) is 5.68. The molecule has 0 spiro atoms. The first-order valence-corrected chi connectivity index (χ1v) is 5.68. The van der Waals surface area contributed by atoms with Crippen LogP contribution in [0.15, 0.2) is 30.3 Å². The molecule has 0 saturated carbocycles. The van der Waals surface area contributed by atoms with Gasteiger partial charge in [-0.3, -0.25) is 0 Å². The van der Waals surface area contributed by atoms with Crippen molar-refractivity contribution < 1.29 is 13.5 Å². The summed E-state index contributed by atoms with van der Waals surface area (Å²) in [6.45, 7) is 1.77. The van der Waals surface area contributed by atoms with Gasteiger partial charge in [0.1, 0.15) is 5.82 Å². The molecule has 3 N–H and O–H groups in total. The molecule has 100 valence electrons. The highest BCUT2D eigenvalue weighted by Crippen LogP contribution is 2.32. The minimum absolute atomic E-state index is 0.0469. The quantitative estimate of drug-likeness (QED) is 0.832. The fourth-order valence-electron chi connectivity index (χ4n) is 1.76. The zero-order valence-corrected chi connectivity index (χ0v) is 10.6. The smallest absolute Gasteiger partial charge is 0.167 e. The first kappa shape index (κ1) is 13.1. The number of nitrogens with two attached hydrogens (primary N) is 1. The van der Waals surface area contributed by atoms with Crippen molar-refractivity contribution in [2.45, 2.75) is 6.92 Å². The standard InChI is InChI=1S/C14H14F2N2O/c1-8-4-3-5-9(15)14(8)18-12-7-13(19-2)10(16)6-11(12)17/h3-7,18H,17H2,1-2H3. The Labute approximate surface area is 110 Å². The molecule has 0 fully saturated rings. The van der Waals surface area contributed by atoms with E-state index in [-0.39, 0.29) is 11.4 Å². The third-order valence-electron chi connectivity index (χ3n) is 2.81. The van der Waals surface area contributed by atoms with Crippen LogP contribution in [0, 0.1) is 18.6 Å². The average Bonchev–Trinajstić information content (AvgIpc) is 2.36. The molecule has 0 heterocycles. The van der Waals surface area contributed by atoms with E-state index in [1.165, 1.54) is 19.2 Å². The largest absolute Gasteiger partial charge is 0.494 e. The van der Waals surface area contributed by atoms with Crippen LogP contribution in [0.5, 0.6) is 5.75 Å². The summed E-state index contributed by atoms with van der Waals surface area (Å²) >= 11 is 0. The van der Waals surface area contributed by atoms with Gasteiger partial charge in [-0.1, -0.05) is 12.1 Å². The average molecular weight is 264 g/mol. The highest BCUT2D eigenvalue weighted by atomic mass is 19.1. The second-order valence-electron chi connectivity index (χ2n) is 4.13. The molecule has 0 aliphatic heterocycles. The van der Waals surface area contributed by atoms with Gasteiger partial charge in [0.2, 0.25) is 0 Å². The number of benzene rings is 2. The molecule has 0 bridgehead atoms. The predicted molar refractivity (Wildman–Crippen MR) is 71.8 cm³/mol. The second-order valence-corrected chi connectivity index (χ2v) is 4.13. The lowest BCUT2D eigenvalue weighted by atomic mass is 10.1. The Morgan fingerprint density at radius 3 is 2.53 bits per heavy atom. The van der Waals surface area contributed by atoms with Crippen molar-refractivity contribution in [1.82, 2.24) is 0 Å². The number of hydrogen-bond donors (Lipinski definition) is 2. The maximum Gasteiger partial charge on any atom is 0.167 e. The van der Waals surface area contributed by atoms with Crippen LogP contribution in [0.25, 0.3) is 0 Å². The van der Waals surface area contributed by atoms with Gasteiger partial charge in [0.15, 0.2) is 11.6 Å². The van der Waals surface area contributed by atoms with E-state index in [9.17, 15) is 8.78 Å². The SMILES string of the molecule is COc1cc(Nc2c(C)cccc2F)c(N)cc1F. The minimum Gasteiger partial charge on any atom is -0.494 e. The number of methoxy groups -OCH3 is 1. The van der Waals surface area contributed by atoms with Gasteiger partial charge in [-0.15, -0.1) is 0 Å². The molecule has 19 heavy (non-hydrogen) atoms. The van der Waals surface area contributed by atoms with E-state index in [2.05, 4.69) is 5.32 Å². The third-order valence-corrected chi connectivity index (χ3v) is 2.81. The Morgan fingerprint density at radius 1 is 1.16 bits per heavy atom. The summed E-state index contributed by atoms with van der Waals surface area (Å²) < 4.78 is 32.0. The zero-order valence-electron chi connectivity index (χ0n) is 10.6. The number of rotatable bonds is 3. The van der Waals surface area contributed by atoms with Gasteiger partial charge in [-0.05, 0) is 18.6 Å². The molecule has 5 heteroatoms. The Bertz CT molecular complexity index is 594. The number of para-hydroxylation sites is 1. The number of nitrogens with one attached hydrogen (secondary N) is 1. The van der Waals surface area contributed by atoms with Crippen LogP contribution in [-0.4, -0.2) is 7.11 Å². The van der Waals surface area contributed by atoms with E-state index in [0.29, 0.717) is 11.4 Å². The molecule has 0 aromatic heterocycles. The highest BCUT2D eigenvalue weighted by Gasteiger charge is 2.11. The summed E-state index contributed by atoms with van der Waals surface area (Å²) in [5.74, 6) is -0.913. The minimum atomic E-state index is -0.559.